The lowest BCUT2D eigenvalue weighted by Gasteiger charge is -2.23. The standard InChI is InChI=1S/C15H19F2NO5/c1-15(2,3)23-14(21)18-12(7-13(19)20)22-8-9-4-5-10(16)6-11(9)17/h4-6,12H,7-8H2,1-3H3,(H,18,21)(H,19,20). The Hall–Kier alpha value is -2.22. The molecule has 1 amide bonds. The summed E-state index contributed by atoms with van der Waals surface area (Å²) in [5, 5.41) is 11.1. The highest BCUT2D eigenvalue weighted by atomic mass is 19.1. The van der Waals surface area contributed by atoms with Crippen LogP contribution in [-0.2, 0) is 20.9 Å². The Morgan fingerprint density at radius 2 is 1.96 bits per heavy atom. The molecule has 2 N–H and O–H groups in total. The topological polar surface area (TPSA) is 84.9 Å². The molecule has 1 rings (SSSR count). The Morgan fingerprint density at radius 3 is 2.48 bits per heavy atom. The summed E-state index contributed by atoms with van der Waals surface area (Å²) in [7, 11) is 0. The Labute approximate surface area is 132 Å². The fourth-order valence-corrected chi connectivity index (χ4v) is 1.58. The highest BCUT2D eigenvalue weighted by Gasteiger charge is 2.22. The van der Waals surface area contributed by atoms with Gasteiger partial charge >= 0.3 is 12.1 Å². The van der Waals surface area contributed by atoms with Gasteiger partial charge in [-0.3, -0.25) is 10.1 Å². The van der Waals surface area contributed by atoms with Crippen molar-refractivity contribution in [3.05, 3.63) is 35.4 Å². The Morgan fingerprint density at radius 1 is 1.30 bits per heavy atom. The van der Waals surface area contributed by atoms with Crippen molar-refractivity contribution in [1.29, 1.82) is 0 Å². The molecule has 0 spiro atoms. The second kappa shape index (κ2) is 7.87. The van der Waals surface area contributed by atoms with E-state index >= 15 is 0 Å². The van der Waals surface area contributed by atoms with Crippen molar-refractivity contribution >= 4 is 12.1 Å². The molecule has 8 heteroatoms. The van der Waals surface area contributed by atoms with Gasteiger partial charge in [-0.05, 0) is 26.8 Å². The number of rotatable bonds is 6. The molecule has 0 saturated carbocycles. The summed E-state index contributed by atoms with van der Waals surface area (Å²) in [6.45, 7) is 4.61. The minimum atomic E-state index is -1.22. The number of aliphatic carboxylic acids is 1. The molecule has 0 saturated heterocycles. The van der Waals surface area contributed by atoms with Gasteiger partial charge in [0.15, 0.2) is 0 Å². The maximum Gasteiger partial charge on any atom is 0.409 e. The van der Waals surface area contributed by atoms with Crippen LogP contribution < -0.4 is 5.32 Å². The quantitative estimate of drug-likeness (QED) is 0.783. The summed E-state index contributed by atoms with van der Waals surface area (Å²) in [6, 6.07) is 2.91. The van der Waals surface area contributed by atoms with Crippen LogP contribution in [0.1, 0.15) is 32.8 Å². The van der Waals surface area contributed by atoms with Gasteiger partial charge in [-0.15, -0.1) is 0 Å². The van der Waals surface area contributed by atoms with E-state index in [1.807, 2.05) is 0 Å². The van der Waals surface area contributed by atoms with E-state index in [4.69, 9.17) is 14.6 Å². The molecule has 1 unspecified atom stereocenters. The number of carboxylic acid groups (broad SMARTS) is 1. The van der Waals surface area contributed by atoms with E-state index < -0.39 is 41.9 Å². The van der Waals surface area contributed by atoms with Gasteiger partial charge in [-0.1, -0.05) is 6.07 Å². The smallest absolute Gasteiger partial charge is 0.409 e. The van der Waals surface area contributed by atoms with Crippen LogP contribution in [0.25, 0.3) is 0 Å². The van der Waals surface area contributed by atoms with Crippen molar-refractivity contribution in [2.45, 2.75) is 45.6 Å². The number of carbonyl (C=O) groups excluding carboxylic acids is 1. The number of amides is 1. The summed E-state index contributed by atoms with van der Waals surface area (Å²) >= 11 is 0. The lowest BCUT2D eigenvalue weighted by molar-refractivity contribution is -0.141. The average Bonchev–Trinajstić information content (AvgIpc) is 2.34. The third-order valence-electron chi connectivity index (χ3n) is 2.49. The number of carbonyl (C=O) groups is 2. The van der Waals surface area contributed by atoms with Crippen LogP contribution in [0, 0.1) is 11.6 Å². The van der Waals surface area contributed by atoms with Crippen molar-refractivity contribution in [2.24, 2.45) is 0 Å². The highest BCUT2D eigenvalue weighted by molar-refractivity contribution is 5.71. The van der Waals surface area contributed by atoms with E-state index in [0.717, 1.165) is 6.07 Å². The SMILES string of the molecule is CC(C)(C)OC(=O)NC(CC(=O)O)OCc1ccc(F)cc1F. The van der Waals surface area contributed by atoms with Crippen molar-refractivity contribution in [3.8, 4) is 0 Å². The van der Waals surface area contributed by atoms with E-state index in [-0.39, 0.29) is 12.2 Å². The first-order valence-corrected chi connectivity index (χ1v) is 6.83. The number of alkyl carbamates (subject to hydrolysis) is 1. The summed E-state index contributed by atoms with van der Waals surface area (Å²) in [5.74, 6) is -2.78. The average molecular weight is 331 g/mol. The lowest BCUT2D eigenvalue weighted by Crippen LogP contribution is -2.41. The number of ether oxygens (including phenoxy) is 2. The van der Waals surface area contributed by atoms with Gasteiger partial charge in [0.2, 0.25) is 0 Å². The molecular weight excluding hydrogens is 312 g/mol. The molecule has 6 nitrogen and oxygen atoms in total. The van der Waals surface area contributed by atoms with Crippen molar-refractivity contribution in [2.75, 3.05) is 0 Å². The van der Waals surface area contributed by atoms with Crippen molar-refractivity contribution in [3.63, 3.8) is 0 Å². The molecule has 0 aromatic heterocycles. The maximum atomic E-state index is 13.5. The molecule has 0 heterocycles. The molecule has 0 bridgehead atoms. The first-order valence-electron chi connectivity index (χ1n) is 6.83. The second-order valence-corrected chi connectivity index (χ2v) is 5.78. The molecule has 23 heavy (non-hydrogen) atoms. The van der Waals surface area contributed by atoms with Crippen LogP contribution in [0.4, 0.5) is 13.6 Å². The Kier molecular flexibility index (Phi) is 6.44. The minimum Gasteiger partial charge on any atom is -0.481 e. The summed E-state index contributed by atoms with van der Waals surface area (Å²) < 4.78 is 36.5. The molecule has 1 atom stereocenters. The van der Waals surface area contributed by atoms with Crippen LogP contribution in [-0.4, -0.2) is 29.0 Å². The lowest BCUT2D eigenvalue weighted by atomic mass is 10.2. The molecular formula is C15H19F2NO5. The number of hydrogen-bond donors (Lipinski definition) is 2. The fraction of sp³-hybridized carbons (Fsp3) is 0.467. The molecule has 1 aromatic rings. The zero-order valence-electron chi connectivity index (χ0n) is 13.1. The molecule has 0 radical (unpaired) electrons. The molecule has 1 aromatic carbocycles. The number of nitrogens with one attached hydrogen (secondary N) is 1. The summed E-state index contributed by atoms with van der Waals surface area (Å²) in [4.78, 5) is 22.4. The Balaban J connectivity index is 2.67. The molecule has 0 aliphatic heterocycles. The van der Waals surface area contributed by atoms with E-state index in [1.54, 1.807) is 20.8 Å². The zero-order valence-corrected chi connectivity index (χ0v) is 13.1. The Bertz CT molecular complexity index is 571. The summed E-state index contributed by atoms with van der Waals surface area (Å²) in [5.41, 5.74) is -0.728. The molecule has 0 fully saturated rings. The fourth-order valence-electron chi connectivity index (χ4n) is 1.58. The van der Waals surface area contributed by atoms with Gasteiger partial charge in [-0.25, -0.2) is 13.6 Å². The van der Waals surface area contributed by atoms with Crippen LogP contribution in [0.3, 0.4) is 0 Å². The van der Waals surface area contributed by atoms with Gasteiger partial charge < -0.3 is 14.6 Å². The van der Waals surface area contributed by atoms with Crippen LogP contribution >= 0.6 is 0 Å². The largest absolute Gasteiger partial charge is 0.481 e. The van der Waals surface area contributed by atoms with E-state index in [9.17, 15) is 18.4 Å². The number of carboxylic acids is 1. The van der Waals surface area contributed by atoms with Gasteiger partial charge in [0, 0.05) is 11.6 Å². The molecule has 0 aliphatic carbocycles. The van der Waals surface area contributed by atoms with Crippen LogP contribution in [0.5, 0.6) is 0 Å². The molecule has 0 aliphatic rings. The van der Waals surface area contributed by atoms with Gasteiger partial charge in [0.1, 0.15) is 23.5 Å². The van der Waals surface area contributed by atoms with Crippen LogP contribution in [0.2, 0.25) is 0 Å². The highest BCUT2D eigenvalue weighted by Crippen LogP contribution is 2.13. The first-order chi connectivity index (χ1) is 10.6. The van der Waals surface area contributed by atoms with Crippen molar-refractivity contribution in [1.82, 2.24) is 5.32 Å². The van der Waals surface area contributed by atoms with Gasteiger partial charge in [0.25, 0.3) is 0 Å². The summed E-state index contributed by atoms with van der Waals surface area (Å²) in [6.07, 6.45) is -2.61. The van der Waals surface area contributed by atoms with E-state index in [2.05, 4.69) is 5.32 Å². The normalized spacial score (nSPS) is 12.6. The monoisotopic (exact) mass is 331 g/mol. The number of halogens is 2. The second-order valence-electron chi connectivity index (χ2n) is 5.78. The zero-order chi connectivity index (χ0) is 17.6. The van der Waals surface area contributed by atoms with E-state index in [0.29, 0.717) is 6.07 Å². The predicted octanol–water partition coefficient (Wildman–Crippen LogP) is 2.81. The van der Waals surface area contributed by atoms with E-state index in [1.165, 1.54) is 6.07 Å². The number of benzene rings is 1. The van der Waals surface area contributed by atoms with Gasteiger partial charge in [0.05, 0.1) is 13.0 Å². The third kappa shape index (κ3) is 7.55. The minimum absolute atomic E-state index is 0.0350. The third-order valence-corrected chi connectivity index (χ3v) is 2.49. The van der Waals surface area contributed by atoms with Crippen molar-refractivity contribution < 1.29 is 33.0 Å². The molecule has 128 valence electrons. The van der Waals surface area contributed by atoms with Crippen LogP contribution in [0.15, 0.2) is 18.2 Å². The van der Waals surface area contributed by atoms with Gasteiger partial charge in [-0.2, -0.15) is 0 Å². The number of hydrogen-bond acceptors (Lipinski definition) is 4. The maximum absolute atomic E-state index is 13.5. The first kappa shape index (κ1) is 18.8. The predicted molar refractivity (Wildman–Crippen MR) is 76.6 cm³/mol.